The quantitative estimate of drug-likeness (QED) is 0.775. The van der Waals surface area contributed by atoms with Crippen LogP contribution in [0.1, 0.15) is 30.1 Å². The topological polar surface area (TPSA) is 79.3 Å². The van der Waals surface area contributed by atoms with Crippen LogP contribution in [0, 0.1) is 5.92 Å². The lowest BCUT2D eigenvalue weighted by molar-refractivity contribution is -0.138. The molecular formula is C12H15ClN2O3. The van der Waals surface area contributed by atoms with Crippen molar-refractivity contribution in [2.45, 2.75) is 19.8 Å². The van der Waals surface area contributed by atoms with E-state index in [0.29, 0.717) is 23.7 Å². The molecule has 0 aliphatic carbocycles. The Hall–Kier alpha value is -1.62. The molecule has 1 atom stereocenters. The maximum atomic E-state index is 11.7. The third-order valence-corrected chi connectivity index (χ3v) is 2.81. The van der Waals surface area contributed by atoms with Crippen LogP contribution in [-0.2, 0) is 4.79 Å². The third-order valence-electron chi connectivity index (χ3n) is 2.58. The predicted octanol–water partition coefficient (Wildman–Crippen LogP) is 1.97. The Balaban J connectivity index is 2.49. The number of hydrogen-bond donors (Lipinski definition) is 2. The Morgan fingerprint density at radius 3 is 2.72 bits per heavy atom. The number of carbonyl (C=O) groups is 2. The zero-order valence-corrected chi connectivity index (χ0v) is 10.8. The molecule has 6 heteroatoms. The average Bonchev–Trinajstić information content (AvgIpc) is 2.34. The van der Waals surface area contributed by atoms with Crippen LogP contribution >= 0.6 is 11.6 Å². The largest absolute Gasteiger partial charge is 0.481 e. The number of aromatic nitrogens is 1. The summed E-state index contributed by atoms with van der Waals surface area (Å²) in [5.41, 5.74) is 0.407. The van der Waals surface area contributed by atoms with Crippen LogP contribution in [0.4, 0.5) is 0 Å². The molecule has 1 rings (SSSR count). The van der Waals surface area contributed by atoms with E-state index < -0.39 is 5.97 Å². The van der Waals surface area contributed by atoms with Gasteiger partial charge >= 0.3 is 5.97 Å². The Morgan fingerprint density at radius 2 is 2.22 bits per heavy atom. The van der Waals surface area contributed by atoms with E-state index in [1.54, 1.807) is 6.07 Å². The fraction of sp³-hybridized carbons (Fsp3) is 0.417. The van der Waals surface area contributed by atoms with E-state index >= 15 is 0 Å². The highest BCUT2D eigenvalue weighted by Crippen LogP contribution is 2.08. The van der Waals surface area contributed by atoms with E-state index in [1.807, 2.05) is 6.92 Å². The van der Waals surface area contributed by atoms with Crippen molar-refractivity contribution in [3.8, 4) is 0 Å². The summed E-state index contributed by atoms with van der Waals surface area (Å²) in [6, 6.07) is 3.10. The molecule has 0 fully saturated rings. The zero-order valence-electron chi connectivity index (χ0n) is 10.0. The van der Waals surface area contributed by atoms with Crippen LogP contribution in [0.5, 0.6) is 0 Å². The van der Waals surface area contributed by atoms with Gasteiger partial charge in [0.15, 0.2) is 0 Å². The van der Waals surface area contributed by atoms with Gasteiger partial charge in [-0.25, -0.2) is 4.98 Å². The van der Waals surface area contributed by atoms with Crippen LogP contribution in [0.3, 0.4) is 0 Å². The Labute approximate surface area is 110 Å². The smallest absolute Gasteiger partial charge is 0.303 e. The second kappa shape index (κ2) is 6.96. The molecule has 1 unspecified atom stereocenters. The van der Waals surface area contributed by atoms with Crippen LogP contribution in [-0.4, -0.2) is 28.5 Å². The first kappa shape index (κ1) is 14.4. The monoisotopic (exact) mass is 270 g/mol. The molecule has 0 aliphatic rings. The number of carboxylic acids is 1. The second-order valence-corrected chi connectivity index (χ2v) is 4.34. The molecule has 0 aliphatic heterocycles. The predicted molar refractivity (Wildman–Crippen MR) is 67.6 cm³/mol. The molecule has 18 heavy (non-hydrogen) atoms. The molecular weight excluding hydrogens is 256 g/mol. The molecule has 0 spiro atoms. The summed E-state index contributed by atoms with van der Waals surface area (Å²) < 4.78 is 0. The number of halogens is 1. The Morgan fingerprint density at radius 1 is 1.50 bits per heavy atom. The Bertz CT molecular complexity index is 420. The molecule has 2 N–H and O–H groups in total. The van der Waals surface area contributed by atoms with Crippen molar-refractivity contribution in [3.05, 3.63) is 29.0 Å². The number of aliphatic carboxylic acids is 1. The molecule has 0 aromatic carbocycles. The molecule has 0 saturated heterocycles. The number of carboxylic acid groups (broad SMARTS) is 1. The summed E-state index contributed by atoms with van der Waals surface area (Å²) in [5.74, 6) is -1.20. The van der Waals surface area contributed by atoms with Crippen LogP contribution in [0.2, 0.25) is 5.15 Å². The summed E-state index contributed by atoms with van der Waals surface area (Å²) in [6.45, 7) is 2.23. The molecule has 1 aromatic rings. The van der Waals surface area contributed by atoms with Crippen molar-refractivity contribution in [2.24, 2.45) is 5.92 Å². The highest BCUT2D eigenvalue weighted by Gasteiger charge is 2.13. The van der Waals surface area contributed by atoms with E-state index in [1.165, 1.54) is 12.3 Å². The summed E-state index contributed by atoms with van der Waals surface area (Å²) in [4.78, 5) is 26.1. The lowest BCUT2D eigenvalue weighted by atomic mass is 10.0. The van der Waals surface area contributed by atoms with E-state index in [2.05, 4.69) is 10.3 Å². The van der Waals surface area contributed by atoms with E-state index in [4.69, 9.17) is 16.7 Å². The van der Waals surface area contributed by atoms with Crippen molar-refractivity contribution in [3.63, 3.8) is 0 Å². The maximum absolute atomic E-state index is 11.7. The first-order chi connectivity index (χ1) is 8.52. The molecule has 0 radical (unpaired) electrons. The normalized spacial score (nSPS) is 11.9. The third kappa shape index (κ3) is 4.71. The zero-order chi connectivity index (χ0) is 13.5. The highest BCUT2D eigenvalue weighted by molar-refractivity contribution is 6.29. The van der Waals surface area contributed by atoms with Gasteiger partial charge in [-0.3, -0.25) is 9.59 Å². The molecule has 98 valence electrons. The van der Waals surface area contributed by atoms with Crippen molar-refractivity contribution < 1.29 is 14.7 Å². The van der Waals surface area contributed by atoms with Gasteiger partial charge in [0.1, 0.15) is 5.15 Å². The lowest BCUT2D eigenvalue weighted by Gasteiger charge is -2.13. The highest BCUT2D eigenvalue weighted by atomic mass is 35.5. The molecule has 1 aromatic heterocycles. The molecule has 1 heterocycles. The fourth-order valence-corrected chi connectivity index (χ4v) is 1.57. The number of nitrogens with zero attached hydrogens (tertiary/aromatic N) is 1. The van der Waals surface area contributed by atoms with Gasteiger partial charge in [0, 0.05) is 19.2 Å². The SMILES string of the molecule is CCC(CNC(=O)c1ccc(Cl)nc1)CC(=O)O. The number of nitrogens with one attached hydrogen (secondary N) is 1. The Kier molecular flexibility index (Phi) is 5.58. The minimum absolute atomic E-state index is 0.0512. The number of carbonyl (C=O) groups excluding carboxylic acids is 1. The first-order valence-corrected chi connectivity index (χ1v) is 6.02. The lowest BCUT2D eigenvalue weighted by Crippen LogP contribution is -2.30. The fourth-order valence-electron chi connectivity index (χ4n) is 1.46. The van der Waals surface area contributed by atoms with Crippen LogP contribution < -0.4 is 5.32 Å². The number of hydrogen-bond acceptors (Lipinski definition) is 3. The minimum atomic E-state index is -0.857. The standard InChI is InChI=1S/C12H15ClN2O3/c1-2-8(5-11(16)17)6-15-12(18)9-3-4-10(13)14-7-9/h3-4,7-8H,2,5-6H2,1H3,(H,15,18)(H,16,17). The number of amides is 1. The molecule has 5 nitrogen and oxygen atoms in total. The summed E-state index contributed by atoms with van der Waals surface area (Å²) in [7, 11) is 0. The van der Waals surface area contributed by atoms with Gasteiger partial charge < -0.3 is 10.4 Å². The maximum Gasteiger partial charge on any atom is 0.303 e. The van der Waals surface area contributed by atoms with Gasteiger partial charge in [0.25, 0.3) is 5.91 Å². The molecule has 0 saturated carbocycles. The second-order valence-electron chi connectivity index (χ2n) is 3.95. The van der Waals surface area contributed by atoms with Crippen molar-refractivity contribution in [1.29, 1.82) is 0 Å². The minimum Gasteiger partial charge on any atom is -0.481 e. The molecule has 0 bridgehead atoms. The van der Waals surface area contributed by atoms with Gasteiger partial charge in [0.05, 0.1) is 5.56 Å². The summed E-state index contributed by atoms with van der Waals surface area (Å²) >= 11 is 5.62. The van der Waals surface area contributed by atoms with E-state index in [9.17, 15) is 9.59 Å². The van der Waals surface area contributed by atoms with Gasteiger partial charge in [-0.05, 0) is 18.1 Å². The first-order valence-electron chi connectivity index (χ1n) is 5.64. The van der Waals surface area contributed by atoms with E-state index in [0.717, 1.165) is 0 Å². The van der Waals surface area contributed by atoms with Gasteiger partial charge in [-0.2, -0.15) is 0 Å². The summed E-state index contributed by atoms with van der Waals surface area (Å²) in [6.07, 6.45) is 2.14. The average molecular weight is 271 g/mol. The molecule has 1 amide bonds. The van der Waals surface area contributed by atoms with Crippen molar-refractivity contribution >= 4 is 23.5 Å². The summed E-state index contributed by atoms with van der Waals surface area (Å²) in [5, 5.41) is 11.7. The van der Waals surface area contributed by atoms with Crippen LogP contribution in [0.15, 0.2) is 18.3 Å². The number of rotatable bonds is 6. The van der Waals surface area contributed by atoms with Gasteiger partial charge in [-0.1, -0.05) is 24.9 Å². The van der Waals surface area contributed by atoms with Crippen LogP contribution in [0.25, 0.3) is 0 Å². The van der Waals surface area contributed by atoms with Crippen molar-refractivity contribution in [1.82, 2.24) is 10.3 Å². The van der Waals surface area contributed by atoms with Gasteiger partial charge in [-0.15, -0.1) is 0 Å². The van der Waals surface area contributed by atoms with E-state index in [-0.39, 0.29) is 18.2 Å². The van der Waals surface area contributed by atoms with Gasteiger partial charge in [0.2, 0.25) is 0 Å². The van der Waals surface area contributed by atoms with Crippen molar-refractivity contribution in [2.75, 3.05) is 6.54 Å². The number of pyridine rings is 1.